The van der Waals surface area contributed by atoms with Crippen LogP contribution in [0.25, 0.3) is 11.1 Å². The van der Waals surface area contributed by atoms with Crippen LogP contribution in [0.2, 0.25) is 0 Å². The molecule has 3 atom stereocenters. The van der Waals surface area contributed by atoms with Crippen LogP contribution in [0.5, 0.6) is 0 Å². The van der Waals surface area contributed by atoms with Gasteiger partial charge in [-0.15, -0.1) is 0 Å². The summed E-state index contributed by atoms with van der Waals surface area (Å²) in [6.45, 7) is 6.95. The monoisotopic (exact) mass is 452 g/mol. The topological polar surface area (TPSA) is 123 Å². The number of nitrogens with two attached hydrogens (primary N) is 1. The molecule has 0 heterocycles. The zero-order chi connectivity index (χ0) is 24.1. The van der Waals surface area contributed by atoms with Crippen LogP contribution in [0.3, 0.4) is 0 Å². The Balaban J connectivity index is 1.62. The van der Waals surface area contributed by atoms with Gasteiger partial charge in [0.1, 0.15) is 18.7 Å². The lowest BCUT2D eigenvalue weighted by Crippen LogP contribution is -2.56. The Labute approximate surface area is 194 Å². The van der Waals surface area contributed by atoms with Crippen LogP contribution < -0.4 is 21.7 Å². The van der Waals surface area contributed by atoms with Crippen molar-refractivity contribution in [3.63, 3.8) is 0 Å². The molecule has 3 rings (SSSR count). The highest BCUT2D eigenvalue weighted by atomic mass is 16.5. The van der Waals surface area contributed by atoms with Crippen LogP contribution in [0.1, 0.15) is 44.7 Å². The van der Waals surface area contributed by atoms with E-state index < -0.39 is 36.2 Å². The quantitative estimate of drug-likeness (QED) is 0.458. The molecule has 0 aliphatic heterocycles. The van der Waals surface area contributed by atoms with E-state index in [9.17, 15) is 14.4 Å². The third-order valence-corrected chi connectivity index (χ3v) is 5.69. The van der Waals surface area contributed by atoms with Gasteiger partial charge in [-0.2, -0.15) is 0 Å². The Kier molecular flexibility index (Phi) is 7.71. The van der Waals surface area contributed by atoms with Gasteiger partial charge in [-0.25, -0.2) is 4.79 Å². The van der Waals surface area contributed by atoms with E-state index in [4.69, 9.17) is 10.5 Å². The first-order valence-corrected chi connectivity index (χ1v) is 11.2. The molecule has 0 saturated carbocycles. The lowest BCUT2D eigenvalue weighted by Gasteiger charge is -2.24. The fourth-order valence-corrected chi connectivity index (χ4v) is 4.02. The van der Waals surface area contributed by atoms with Crippen molar-refractivity contribution in [1.29, 1.82) is 0 Å². The van der Waals surface area contributed by atoms with Crippen molar-refractivity contribution in [2.45, 2.75) is 51.9 Å². The number of hydrogen-bond acceptors (Lipinski definition) is 5. The fourth-order valence-electron chi connectivity index (χ4n) is 4.02. The van der Waals surface area contributed by atoms with Gasteiger partial charge in [0.2, 0.25) is 11.8 Å². The summed E-state index contributed by atoms with van der Waals surface area (Å²) >= 11 is 0. The highest BCUT2D eigenvalue weighted by Gasteiger charge is 2.31. The maximum atomic E-state index is 12.7. The number of ether oxygens (including phenoxy) is 1. The summed E-state index contributed by atoms with van der Waals surface area (Å²) in [5.41, 5.74) is 10.1. The maximum absolute atomic E-state index is 12.7. The van der Waals surface area contributed by atoms with Gasteiger partial charge in [0.15, 0.2) is 0 Å². The summed E-state index contributed by atoms with van der Waals surface area (Å²) in [7, 11) is 0. The third-order valence-electron chi connectivity index (χ3n) is 5.69. The molecule has 2 aromatic rings. The molecule has 3 amide bonds. The lowest BCUT2D eigenvalue weighted by molar-refractivity contribution is -0.130. The van der Waals surface area contributed by atoms with E-state index in [1.165, 1.54) is 0 Å². The molecule has 0 bridgehead atoms. The summed E-state index contributed by atoms with van der Waals surface area (Å²) in [5, 5.41) is 7.80. The van der Waals surface area contributed by atoms with Crippen LogP contribution in [-0.2, 0) is 14.3 Å². The number of carbonyl (C=O) groups excluding carboxylic acids is 3. The second-order valence-electron chi connectivity index (χ2n) is 8.72. The number of carbonyl (C=O) groups is 3. The summed E-state index contributed by atoms with van der Waals surface area (Å²) < 4.78 is 5.55. The molecule has 33 heavy (non-hydrogen) atoms. The molecule has 0 aromatic heterocycles. The van der Waals surface area contributed by atoms with Crippen molar-refractivity contribution < 1.29 is 19.1 Å². The highest BCUT2D eigenvalue weighted by Crippen LogP contribution is 2.44. The summed E-state index contributed by atoms with van der Waals surface area (Å²) in [5.74, 6) is -1.15. The van der Waals surface area contributed by atoms with Crippen LogP contribution in [-0.4, -0.2) is 42.8 Å². The molecule has 1 unspecified atom stereocenters. The van der Waals surface area contributed by atoms with Crippen molar-refractivity contribution in [2.24, 2.45) is 11.7 Å². The van der Waals surface area contributed by atoms with Gasteiger partial charge in [-0.1, -0.05) is 62.4 Å². The van der Waals surface area contributed by atoms with E-state index in [0.717, 1.165) is 22.3 Å². The SMILES string of the molecule is CC(N)NC(=O)[C@H](C)NC(=O)[C@@H](NC(=O)OCC1c2ccccc2-c2ccccc21)C(C)C. The first kappa shape index (κ1) is 24.3. The van der Waals surface area contributed by atoms with Crippen molar-refractivity contribution >= 4 is 17.9 Å². The number of benzene rings is 2. The Morgan fingerprint density at radius 2 is 1.39 bits per heavy atom. The molecule has 2 aromatic carbocycles. The Bertz CT molecular complexity index is 975. The molecule has 0 fully saturated rings. The van der Waals surface area contributed by atoms with E-state index >= 15 is 0 Å². The average Bonchev–Trinajstić information content (AvgIpc) is 3.09. The Morgan fingerprint density at radius 3 is 1.91 bits per heavy atom. The Morgan fingerprint density at radius 1 is 0.848 bits per heavy atom. The van der Waals surface area contributed by atoms with Gasteiger partial charge in [-0.05, 0) is 42.0 Å². The highest BCUT2D eigenvalue weighted by molar-refractivity contribution is 5.91. The van der Waals surface area contributed by atoms with Crippen molar-refractivity contribution in [2.75, 3.05) is 6.61 Å². The van der Waals surface area contributed by atoms with Crippen LogP contribution >= 0.6 is 0 Å². The average molecular weight is 453 g/mol. The number of hydrogen-bond donors (Lipinski definition) is 4. The molecular weight excluding hydrogens is 420 g/mol. The van der Waals surface area contributed by atoms with Crippen LogP contribution in [0.15, 0.2) is 48.5 Å². The predicted octanol–water partition coefficient (Wildman–Crippen LogP) is 2.48. The molecular formula is C25H32N4O4. The molecule has 1 aliphatic carbocycles. The van der Waals surface area contributed by atoms with E-state index in [1.807, 2.05) is 36.4 Å². The first-order chi connectivity index (χ1) is 15.7. The fraction of sp³-hybridized carbons (Fsp3) is 0.400. The van der Waals surface area contributed by atoms with E-state index in [1.54, 1.807) is 27.7 Å². The van der Waals surface area contributed by atoms with Gasteiger partial charge in [0, 0.05) is 5.92 Å². The van der Waals surface area contributed by atoms with Crippen molar-refractivity contribution in [3.05, 3.63) is 59.7 Å². The predicted molar refractivity (Wildman–Crippen MR) is 126 cm³/mol. The van der Waals surface area contributed by atoms with Gasteiger partial charge >= 0.3 is 6.09 Å². The number of nitrogens with one attached hydrogen (secondary N) is 3. The van der Waals surface area contributed by atoms with Gasteiger partial charge < -0.3 is 26.4 Å². The molecule has 0 spiro atoms. The maximum Gasteiger partial charge on any atom is 0.407 e. The minimum absolute atomic E-state index is 0.0727. The minimum atomic E-state index is -0.855. The number of amides is 3. The molecule has 0 radical (unpaired) electrons. The van der Waals surface area contributed by atoms with E-state index in [0.29, 0.717) is 0 Å². The van der Waals surface area contributed by atoms with E-state index in [-0.39, 0.29) is 18.4 Å². The van der Waals surface area contributed by atoms with Crippen molar-refractivity contribution in [1.82, 2.24) is 16.0 Å². The second-order valence-corrected chi connectivity index (χ2v) is 8.72. The standard InChI is InChI=1S/C25H32N4O4/c1-14(2)22(24(31)27-15(3)23(30)28-16(4)26)29-25(32)33-13-21-19-11-7-5-9-17(19)18-10-6-8-12-20(18)21/h5-12,14-16,21-22H,13,26H2,1-4H3,(H,27,31)(H,28,30)(H,29,32)/t15-,16?,22-/m0/s1. The third kappa shape index (κ3) is 5.70. The van der Waals surface area contributed by atoms with Crippen LogP contribution in [0.4, 0.5) is 4.79 Å². The van der Waals surface area contributed by atoms with Gasteiger partial charge in [0.25, 0.3) is 0 Å². The smallest absolute Gasteiger partial charge is 0.407 e. The molecule has 176 valence electrons. The summed E-state index contributed by atoms with van der Waals surface area (Å²) in [6.07, 6.45) is -1.21. The zero-order valence-corrected chi connectivity index (χ0v) is 19.4. The van der Waals surface area contributed by atoms with Gasteiger partial charge in [-0.3, -0.25) is 9.59 Å². The largest absolute Gasteiger partial charge is 0.449 e. The number of fused-ring (bicyclic) bond motifs is 3. The van der Waals surface area contributed by atoms with Crippen molar-refractivity contribution in [3.8, 4) is 11.1 Å². The summed E-state index contributed by atoms with van der Waals surface area (Å²) in [6, 6.07) is 14.5. The lowest BCUT2D eigenvalue weighted by atomic mass is 9.98. The van der Waals surface area contributed by atoms with Gasteiger partial charge in [0.05, 0.1) is 6.17 Å². The Hall–Kier alpha value is -3.39. The molecule has 1 aliphatic rings. The second kappa shape index (κ2) is 10.5. The molecule has 8 heteroatoms. The molecule has 8 nitrogen and oxygen atoms in total. The minimum Gasteiger partial charge on any atom is -0.449 e. The zero-order valence-electron chi connectivity index (χ0n) is 19.4. The number of rotatable bonds is 8. The van der Waals surface area contributed by atoms with E-state index in [2.05, 4.69) is 28.1 Å². The first-order valence-electron chi connectivity index (χ1n) is 11.2. The molecule has 0 saturated heterocycles. The number of alkyl carbamates (subject to hydrolysis) is 1. The van der Waals surface area contributed by atoms with Crippen LogP contribution in [0, 0.1) is 5.92 Å². The molecule has 5 N–H and O–H groups in total. The normalized spacial score (nSPS) is 15.1. The summed E-state index contributed by atoms with van der Waals surface area (Å²) in [4.78, 5) is 37.4.